The number of hydrogen-bond donors (Lipinski definition) is 1. The maximum atomic E-state index is 13.1. The summed E-state index contributed by atoms with van der Waals surface area (Å²) >= 11 is 6.89. The Morgan fingerprint density at radius 1 is 1.40 bits per heavy atom. The van der Waals surface area contributed by atoms with Gasteiger partial charge in [-0.15, -0.1) is 0 Å². The molecule has 0 radical (unpaired) electrons. The van der Waals surface area contributed by atoms with E-state index in [2.05, 4.69) is 5.32 Å². The van der Waals surface area contributed by atoms with E-state index in [4.69, 9.17) is 11.6 Å². The Morgan fingerprint density at radius 3 is 2.68 bits per heavy atom. The van der Waals surface area contributed by atoms with E-state index in [0.29, 0.717) is 10.7 Å². The number of anilines is 1. The Labute approximate surface area is 154 Å². The van der Waals surface area contributed by atoms with Gasteiger partial charge in [0.2, 0.25) is 11.8 Å². The van der Waals surface area contributed by atoms with Crippen LogP contribution in [0.3, 0.4) is 0 Å². The van der Waals surface area contributed by atoms with Crippen molar-refractivity contribution >= 4 is 46.6 Å². The first kappa shape index (κ1) is 19.5. The third kappa shape index (κ3) is 5.06. The number of rotatable bonds is 4. The first-order valence-corrected chi connectivity index (χ1v) is 8.88. The number of hydrogen-bond acceptors (Lipinski definition) is 4. The van der Waals surface area contributed by atoms with Crippen molar-refractivity contribution in [2.45, 2.75) is 20.8 Å². The molecule has 0 atom stereocenters. The standard InChI is InChI=1S/C17H18ClFN2O3S/c1-17(2,3)13(22)7-16-21(15(24)9-25-16)8-14(23)20-10-4-5-12(19)11(18)6-10/h4-7H,8-9H2,1-3H3,(H,20,23). The fraction of sp³-hybridized carbons (Fsp3) is 0.353. The lowest BCUT2D eigenvalue weighted by atomic mass is 9.91. The Bertz CT molecular complexity index is 759. The smallest absolute Gasteiger partial charge is 0.244 e. The molecule has 2 amide bonds. The molecular formula is C17H18ClFN2O3S. The molecule has 0 spiro atoms. The number of ketones is 1. The van der Waals surface area contributed by atoms with Crippen LogP contribution in [0, 0.1) is 11.2 Å². The Morgan fingerprint density at radius 2 is 2.08 bits per heavy atom. The molecule has 2 rings (SSSR count). The number of allylic oxidation sites excluding steroid dienone is 1. The number of carbonyl (C=O) groups excluding carboxylic acids is 3. The summed E-state index contributed by atoms with van der Waals surface area (Å²) in [6.07, 6.45) is 1.40. The van der Waals surface area contributed by atoms with Crippen LogP contribution in [0.2, 0.25) is 5.02 Å². The van der Waals surface area contributed by atoms with Crippen molar-refractivity contribution in [3.05, 3.63) is 40.1 Å². The van der Waals surface area contributed by atoms with Crippen LogP contribution in [0.5, 0.6) is 0 Å². The lowest BCUT2D eigenvalue weighted by Gasteiger charge is -2.19. The van der Waals surface area contributed by atoms with Crippen molar-refractivity contribution < 1.29 is 18.8 Å². The molecule has 1 N–H and O–H groups in total. The molecule has 0 saturated carbocycles. The Balaban J connectivity index is 2.09. The summed E-state index contributed by atoms with van der Waals surface area (Å²) in [5.74, 6) is -1.24. The van der Waals surface area contributed by atoms with Gasteiger partial charge in [-0.05, 0) is 18.2 Å². The monoisotopic (exact) mass is 384 g/mol. The van der Waals surface area contributed by atoms with Gasteiger partial charge in [0.15, 0.2) is 5.78 Å². The molecule has 1 aliphatic rings. The first-order valence-electron chi connectivity index (χ1n) is 7.52. The molecule has 8 heteroatoms. The molecule has 1 saturated heterocycles. The first-order chi connectivity index (χ1) is 11.6. The zero-order valence-electron chi connectivity index (χ0n) is 14.1. The lowest BCUT2D eigenvalue weighted by Crippen LogP contribution is -2.34. The molecule has 1 aliphatic heterocycles. The van der Waals surface area contributed by atoms with Crippen molar-refractivity contribution in [3.8, 4) is 0 Å². The summed E-state index contributed by atoms with van der Waals surface area (Å²) in [5.41, 5.74) is -0.246. The second-order valence-corrected chi connectivity index (χ2v) is 7.95. The minimum atomic E-state index is -0.586. The molecule has 1 heterocycles. The summed E-state index contributed by atoms with van der Waals surface area (Å²) in [5, 5.41) is 2.90. The van der Waals surface area contributed by atoms with Crippen molar-refractivity contribution in [2.24, 2.45) is 5.41 Å². The highest BCUT2D eigenvalue weighted by molar-refractivity contribution is 8.04. The highest BCUT2D eigenvalue weighted by Crippen LogP contribution is 2.30. The molecule has 5 nitrogen and oxygen atoms in total. The maximum Gasteiger partial charge on any atom is 0.244 e. The van der Waals surface area contributed by atoms with Crippen LogP contribution < -0.4 is 5.32 Å². The van der Waals surface area contributed by atoms with Crippen molar-refractivity contribution in [2.75, 3.05) is 17.6 Å². The molecule has 1 aromatic rings. The van der Waals surface area contributed by atoms with Crippen LogP contribution in [0.25, 0.3) is 0 Å². The highest BCUT2D eigenvalue weighted by atomic mass is 35.5. The fourth-order valence-corrected chi connectivity index (χ4v) is 3.07. The summed E-state index contributed by atoms with van der Waals surface area (Å²) in [6, 6.07) is 3.80. The molecule has 0 aliphatic carbocycles. The van der Waals surface area contributed by atoms with Crippen molar-refractivity contribution in [3.63, 3.8) is 0 Å². The fourth-order valence-electron chi connectivity index (χ4n) is 1.95. The molecule has 0 bridgehead atoms. The number of amides is 2. The summed E-state index contributed by atoms with van der Waals surface area (Å²) in [6.45, 7) is 5.11. The van der Waals surface area contributed by atoms with Gasteiger partial charge in [-0.1, -0.05) is 44.1 Å². The largest absolute Gasteiger partial charge is 0.324 e. The zero-order valence-corrected chi connectivity index (χ0v) is 15.6. The second kappa shape index (κ2) is 7.58. The number of thioether (sulfide) groups is 1. The van der Waals surface area contributed by atoms with Crippen molar-refractivity contribution in [1.29, 1.82) is 0 Å². The van der Waals surface area contributed by atoms with Gasteiger partial charge < -0.3 is 5.32 Å². The molecule has 0 aromatic heterocycles. The number of benzene rings is 1. The van der Waals surface area contributed by atoms with Gasteiger partial charge in [-0.2, -0.15) is 0 Å². The summed E-state index contributed by atoms with van der Waals surface area (Å²) in [4.78, 5) is 37.6. The van der Waals surface area contributed by atoms with E-state index in [-0.39, 0.29) is 29.0 Å². The van der Waals surface area contributed by atoms with E-state index in [1.807, 2.05) is 0 Å². The third-order valence-electron chi connectivity index (χ3n) is 3.41. The summed E-state index contributed by atoms with van der Waals surface area (Å²) < 4.78 is 13.1. The van der Waals surface area contributed by atoms with Crippen LogP contribution in [-0.4, -0.2) is 34.8 Å². The van der Waals surface area contributed by atoms with Gasteiger partial charge in [0.25, 0.3) is 0 Å². The van der Waals surface area contributed by atoms with Gasteiger partial charge >= 0.3 is 0 Å². The average molecular weight is 385 g/mol. The lowest BCUT2D eigenvalue weighted by molar-refractivity contribution is -0.129. The average Bonchev–Trinajstić information content (AvgIpc) is 2.83. The quantitative estimate of drug-likeness (QED) is 0.807. The van der Waals surface area contributed by atoms with E-state index < -0.39 is 17.1 Å². The molecule has 134 valence electrons. The maximum absolute atomic E-state index is 13.1. The number of nitrogens with one attached hydrogen (secondary N) is 1. The normalized spacial score (nSPS) is 16.4. The molecule has 1 fully saturated rings. The molecule has 25 heavy (non-hydrogen) atoms. The second-order valence-electron chi connectivity index (χ2n) is 6.54. The predicted octanol–water partition coefficient (Wildman–Crippen LogP) is 3.45. The SMILES string of the molecule is CC(C)(C)C(=O)C=C1SCC(=O)N1CC(=O)Nc1ccc(F)c(Cl)c1. The predicted molar refractivity (Wildman–Crippen MR) is 96.8 cm³/mol. The Kier molecular flexibility index (Phi) is 5.90. The topological polar surface area (TPSA) is 66.5 Å². The van der Waals surface area contributed by atoms with Crippen LogP contribution in [0.1, 0.15) is 20.8 Å². The van der Waals surface area contributed by atoms with E-state index in [9.17, 15) is 18.8 Å². The number of nitrogens with zero attached hydrogens (tertiary/aromatic N) is 1. The minimum absolute atomic E-state index is 0.109. The molecular weight excluding hydrogens is 367 g/mol. The number of halogens is 2. The van der Waals surface area contributed by atoms with E-state index in [1.165, 1.54) is 34.9 Å². The van der Waals surface area contributed by atoms with Crippen LogP contribution in [0.15, 0.2) is 29.3 Å². The van der Waals surface area contributed by atoms with Crippen LogP contribution in [0.4, 0.5) is 10.1 Å². The van der Waals surface area contributed by atoms with Crippen molar-refractivity contribution in [1.82, 2.24) is 4.90 Å². The van der Waals surface area contributed by atoms with Gasteiger partial charge in [0.05, 0.1) is 15.8 Å². The summed E-state index contributed by atoms with van der Waals surface area (Å²) in [7, 11) is 0. The van der Waals surface area contributed by atoms with Crippen LogP contribution >= 0.6 is 23.4 Å². The van der Waals surface area contributed by atoms with Gasteiger partial charge in [0, 0.05) is 17.2 Å². The Hall–Kier alpha value is -1.86. The highest BCUT2D eigenvalue weighted by Gasteiger charge is 2.30. The van der Waals surface area contributed by atoms with Gasteiger partial charge in [0.1, 0.15) is 12.4 Å². The van der Waals surface area contributed by atoms with Gasteiger partial charge in [-0.3, -0.25) is 19.3 Å². The zero-order chi connectivity index (χ0) is 18.8. The minimum Gasteiger partial charge on any atom is -0.324 e. The van der Waals surface area contributed by atoms with E-state index in [0.717, 1.165) is 6.07 Å². The van der Waals surface area contributed by atoms with Crippen LogP contribution in [-0.2, 0) is 14.4 Å². The molecule has 0 unspecified atom stereocenters. The molecule has 1 aromatic carbocycles. The van der Waals surface area contributed by atoms with E-state index in [1.54, 1.807) is 20.8 Å². The number of carbonyl (C=O) groups is 3. The van der Waals surface area contributed by atoms with Gasteiger partial charge in [-0.25, -0.2) is 4.39 Å². The third-order valence-corrected chi connectivity index (χ3v) is 4.72. The van der Waals surface area contributed by atoms with E-state index >= 15 is 0 Å².